The number of Topliss-reactive ketones (excluding diaryl/α,β-unsaturated/α-hetero) is 1. The van der Waals surface area contributed by atoms with Gasteiger partial charge in [0.25, 0.3) is 0 Å². The summed E-state index contributed by atoms with van der Waals surface area (Å²) in [7, 11) is 0. The van der Waals surface area contributed by atoms with Gasteiger partial charge in [-0.15, -0.1) is 0 Å². The lowest BCUT2D eigenvalue weighted by molar-refractivity contribution is -0.141. The zero-order valence-electron chi connectivity index (χ0n) is 7.25. The summed E-state index contributed by atoms with van der Waals surface area (Å²) in [5.74, 6) is -0.776. The van der Waals surface area contributed by atoms with Gasteiger partial charge in [-0.3, -0.25) is 9.59 Å². The fraction of sp³-hybridized carbons (Fsp3) is 0.778. The predicted octanol–water partition coefficient (Wildman–Crippen LogP) is 1.47. The summed E-state index contributed by atoms with van der Waals surface area (Å²) in [6.07, 6.45) is 2.54. The highest BCUT2D eigenvalue weighted by atomic mass is 16.4. The molecule has 1 N–H and O–H groups in total. The molecule has 0 aromatic carbocycles. The molecule has 1 aliphatic carbocycles. The first-order chi connectivity index (χ1) is 5.65. The molecule has 1 rings (SSSR count). The van der Waals surface area contributed by atoms with Crippen molar-refractivity contribution in [1.82, 2.24) is 0 Å². The second-order valence-corrected chi connectivity index (χ2v) is 3.37. The van der Waals surface area contributed by atoms with Gasteiger partial charge in [0, 0.05) is 12.3 Å². The average Bonchev–Trinajstić information content (AvgIpc) is 2.51. The van der Waals surface area contributed by atoms with Gasteiger partial charge < -0.3 is 5.11 Å². The van der Waals surface area contributed by atoms with E-state index in [1.54, 1.807) is 0 Å². The second kappa shape index (κ2) is 3.70. The number of hydrogen-bond donors (Lipinski definition) is 1. The van der Waals surface area contributed by atoms with Gasteiger partial charge in [0.2, 0.25) is 0 Å². The first-order valence-electron chi connectivity index (χ1n) is 4.40. The van der Waals surface area contributed by atoms with E-state index in [9.17, 15) is 9.59 Å². The van der Waals surface area contributed by atoms with E-state index in [4.69, 9.17) is 5.11 Å². The molecule has 0 radical (unpaired) electrons. The van der Waals surface area contributed by atoms with Crippen LogP contribution in [0.5, 0.6) is 0 Å². The number of carboxylic acid groups (broad SMARTS) is 1. The smallest absolute Gasteiger partial charge is 0.306 e. The van der Waals surface area contributed by atoms with Gasteiger partial charge in [-0.05, 0) is 19.3 Å². The summed E-state index contributed by atoms with van der Waals surface area (Å²) in [6, 6.07) is 0. The Morgan fingerprint density at radius 3 is 2.33 bits per heavy atom. The summed E-state index contributed by atoms with van der Waals surface area (Å²) in [5.41, 5.74) is 0. The minimum absolute atomic E-state index is 0.0242. The monoisotopic (exact) mass is 170 g/mol. The fourth-order valence-corrected chi connectivity index (χ4v) is 1.79. The third-order valence-electron chi connectivity index (χ3n) is 2.59. The molecule has 0 aliphatic heterocycles. The van der Waals surface area contributed by atoms with Crippen LogP contribution < -0.4 is 0 Å². The standard InChI is InChI=1S/C9H14O3/c1-2-8(10)6-3-4-7(5-6)9(11)12/h6-7H,2-5H2,1H3,(H,11,12). The lowest BCUT2D eigenvalue weighted by atomic mass is 9.99. The predicted molar refractivity (Wildman–Crippen MR) is 43.8 cm³/mol. The Morgan fingerprint density at radius 2 is 1.92 bits per heavy atom. The van der Waals surface area contributed by atoms with Gasteiger partial charge in [-0.1, -0.05) is 6.92 Å². The minimum atomic E-state index is -0.749. The van der Waals surface area contributed by atoms with E-state index in [1.165, 1.54) is 0 Å². The van der Waals surface area contributed by atoms with E-state index in [2.05, 4.69) is 0 Å². The molecule has 3 heteroatoms. The summed E-state index contributed by atoms with van der Waals surface area (Å²) in [6.45, 7) is 1.83. The molecule has 12 heavy (non-hydrogen) atoms. The van der Waals surface area contributed by atoms with Crippen molar-refractivity contribution >= 4 is 11.8 Å². The van der Waals surface area contributed by atoms with Gasteiger partial charge in [0.05, 0.1) is 5.92 Å². The Balaban J connectivity index is 2.45. The Bertz CT molecular complexity index is 198. The van der Waals surface area contributed by atoms with Gasteiger partial charge >= 0.3 is 5.97 Å². The Hall–Kier alpha value is -0.860. The molecule has 0 saturated heterocycles. The molecular weight excluding hydrogens is 156 g/mol. The van der Waals surface area contributed by atoms with Crippen molar-refractivity contribution in [3.05, 3.63) is 0 Å². The largest absolute Gasteiger partial charge is 0.481 e. The molecule has 68 valence electrons. The number of carbonyl (C=O) groups is 2. The van der Waals surface area contributed by atoms with Crippen molar-refractivity contribution in [2.24, 2.45) is 11.8 Å². The number of ketones is 1. The number of hydrogen-bond acceptors (Lipinski definition) is 2. The lowest BCUT2D eigenvalue weighted by Crippen LogP contribution is -2.13. The molecule has 1 aliphatic rings. The van der Waals surface area contributed by atoms with Crippen molar-refractivity contribution in [3.63, 3.8) is 0 Å². The number of rotatable bonds is 3. The summed E-state index contributed by atoms with van der Waals surface area (Å²) >= 11 is 0. The van der Waals surface area contributed by atoms with E-state index >= 15 is 0 Å². The van der Waals surface area contributed by atoms with Crippen LogP contribution in [0.2, 0.25) is 0 Å². The normalized spacial score (nSPS) is 28.8. The Kier molecular flexibility index (Phi) is 2.84. The number of carboxylic acids is 1. The maximum absolute atomic E-state index is 11.2. The van der Waals surface area contributed by atoms with Gasteiger partial charge in [-0.25, -0.2) is 0 Å². The quantitative estimate of drug-likeness (QED) is 0.697. The van der Waals surface area contributed by atoms with Crippen LogP contribution in [0.1, 0.15) is 32.6 Å². The highest BCUT2D eigenvalue weighted by Crippen LogP contribution is 2.32. The maximum Gasteiger partial charge on any atom is 0.306 e. The molecule has 0 heterocycles. The van der Waals surface area contributed by atoms with Crippen molar-refractivity contribution in [1.29, 1.82) is 0 Å². The van der Waals surface area contributed by atoms with Crippen molar-refractivity contribution in [2.75, 3.05) is 0 Å². The average molecular weight is 170 g/mol. The van der Waals surface area contributed by atoms with Crippen LogP contribution in [-0.2, 0) is 9.59 Å². The summed E-state index contributed by atoms with van der Waals surface area (Å²) < 4.78 is 0. The van der Waals surface area contributed by atoms with Crippen molar-refractivity contribution in [2.45, 2.75) is 32.6 Å². The van der Waals surface area contributed by atoms with Gasteiger partial charge in [-0.2, -0.15) is 0 Å². The Labute approximate surface area is 71.8 Å². The first-order valence-corrected chi connectivity index (χ1v) is 4.40. The molecule has 0 bridgehead atoms. The minimum Gasteiger partial charge on any atom is -0.481 e. The molecule has 0 amide bonds. The van der Waals surface area contributed by atoms with E-state index < -0.39 is 5.97 Å². The summed E-state index contributed by atoms with van der Waals surface area (Å²) in [5, 5.41) is 8.67. The van der Waals surface area contributed by atoms with Crippen LogP contribution in [0.3, 0.4) is 0 Å². The molecule has 1 saturated carbocycles. The van der Waals surface area contributed by atoms with Gasteiger partial charge in [0.15, 0.2) is 0 Å². The van der Waals surface area contributed by atoms with Crippen LogP contribution in [0.25, 0.3) is 0 Å². The molecular formula is C9H14O3. The van der Waals surface area contributed by atoms with Crippen LogP contribution in [0.4, 0.5) is 0 Å². The topological polar surface area (TPSA) is 54.4 Å². The van der Waals surface area contributed by atoms with Crippen molar-refractivity contribution < 1.29 is 14.7 Å². The number of carbonyl (C=O) groups excluding carboxylic acids is 1. The summed E-state index contributed by atoms with van der Waals surface area (Å²) in [4.78, 5) is 21.7. The van der Waals surface area contributed by atoms with E-state index in [1.807, 2.05) is 6.92 Å². The first kappa shape index (κ1) is 9.23. The molecule has 0 spiro atoms. The highest BCUT2D eigenvalue weighted by Gasteiger charge is 2.32. The highest BCUT2D eigenvalue weighted by molar-refractivity contribution is 5.82. The van der Waals surface area contributed by atoms with Gasteiger partial charge in [0.1, 0.15) is 5.78 Å². The fourth-order valence-electron chi connectivity index (χ4n) is 1.79. The number of aliphatic carboxylic acids is 1. The third-order valence-corrected chi connectivity index (χ3v) is 2.59. The van der Waals surface area contributed by atoms with E-state index in [0.717, 1.165) is 6.42 Å². The Morgan fingerprint density at radius 1 is 1.33 bits per heavy atom. The van der Waals surface area contributed by atoms with Crippen molar-refractivity contribution in [3.8, 4) is 0 Å². The van der Waals surface area contributed by atoms with E-state index in [0.29, 0.717) is 19.3 Å². The second-order valence-electron chi connectivity index (χ2n) is 3.37. The zero-order chi connectivity index (χ0) is 9.14. The third kappa shape index (κ3) is 1.84. The molecule has 1 fully saturated rings. The molecule has 3 nitrogen and oxygen atoms in total. The molecule has 0 aromatic heterocycles. The maximum atomic E-state index is 11.2. The van der Waals surface area contributed by atoms with E-state index in [-0.39, 0.29) is 17.6 Å². The van der Waals surface area contributed by atoms with Crippen LogP contribution in [0, 0.1) is 11.8 Å². The van der Waals surface area contributed by atoms with Crippen LogP contribution in [-0.4, -0.2) is 16.9 Å². The molecule has 2 atom stereocenters. The SMILES string of the molecule is CCC(=O)C1CCC(C(=O)O)C1. The van der Waals surface area contributed by atoms with Crippen LogP contribution in [0.15, 0.2) is 0 Å². The van der Waals surface area contributed by atoms with Crippen LogP contribution >= 0.6 is 0 Å². The lowest BCUT2D eigenvalue weighted by Gasteiger charge is -2.05. The molecule has 2 unspecified atom stereocenters. The zero-order valence-corrected chi connectivity index (χ0v) is 7.25. The molecule has 0 aromatic rings.